The maximum atomic E-state index is 12.8. The molecule has 1 rings (SSSR count). The number of carbonyl (C=O) groups excluding carboxylic acids is 1. The fourth-order valence-corrected chi connectivity index (χ4v) is 3.69. The van der Waals surface area contributed by atoms with Crippen molar-refractivity contribution in [2.24, 2.45) is 0 Å². The standard InChI is InChI=1S/C17H28N2O4S/c1-6-14(5)18-17(20)12-19(7-2)24(21,22)15-9-10-16(23-8-3)13(4)11-15/h9-11,14H,6-8,12H2,1-5H3,(H,18,20)/t14-/m0/s1. The number of hydrogen-bond acceptors (Lipinski definition) is 4. The van der Waals surface area contributed by atoms with Crippen LogP contribution in [-0.4, -0.2) is 44.4 Å². The molecule has 0 saturated carbocycles. The van der Waals surface area contributed by atoms with Crippen molar-refractivity contribution >= 4 is 15.9 Å². The van der Waals surface area contributed by atoms with Crippen LogP contribution in [0.2, 0.25) is 0 Å². The first-order valence-corrected chi connectivity index (χ1v) is 9.73. The van der Waals surface area contributed by atoms with Crippen molar-refractivity contribution in [3.8, 4) is 5.75 Å². The fourth-order valence-electron chi connectivity index (χ4n) is 2.20. The minimum Gasteiger partial charge on any atom is -0.494 e. The molecule has 24 heavy (non-hydrogen) atoms. The summed E-state index contributed by atoms with van der Waals surface area (Å²) in [5.41, 5.74) is 0.748. The highest BCUT2D eigenvalue weighted by atomic mass is 32.2. The molecule has 136 valence electrons. The number of benzene rings is 1. The predicted molar refractivity (Wildman–Crippen MR) is 94.7 cm³/mol. The first-order valence-electron chi connectivity index (χ1n) is 8.29. The molecule has 0 aliphatic rings. The summed E-state index contributed by atoms with van der Waals surface area (Å²) in [7, 11) is -3.73. The number of nitrogens with one attached hydrogen (secondary N) is 1. The number of nitrogens with zero attached hydrogens (tertiary/aromatic N) is 1. The number of sulfonamides is 1. The van der Waals surface area contributed by atoms with Gasteiger partial charge in [-0.25, -0.2) is 8.42 Å². The third-order valence-corrected chi connectivity index (χ3v) is 5.69. The highest BCUT2D eigenvalue weighted by Crippen LogP contribution is 2.24. The van der Waals surface area contributed by atoms with Crippen molar-refractivity contribution in [3.63, 3.8) is 0 Å². The van der Waals surface area contributed by atoms with E-state index in [9.17, 15) is 13.2 Å². The largest absolute Gasteiger partial charge is 0.494 e. The molecule has 0 bridgehead atoms. The zero-order valence-corrected chi connectivity index (χ0v) is 15.9. The first kappa shape index (κ1) is 20.4. The van der Waals surface area contributed by atoms with Crippen LogP contribution in [0.1, 0.15) is 39.7 Å². The zero-order valence-electron chi connectivity index (χ0n) is 15.1. The lowest BCUT2D eigenvalue weighted by atomic mass is 10.2. The topological polar surface area (TPSA) is 75.7 Å². The maximum absolute atomic E-state index is 12.8. The molecule has 0 aromatic heterocycles. The Kier molecular flexibility index (Phi) is 7.69. The second-order valence-corrected chi connectivity index (χ2v) is 7.61. The Morgan fingerprint density at radius 2 is 1.96 bits per heavy atom. The van der Waals surface area contributed by atoms with E-state index in [1.807, 2.05) is 20.8 Å². The van der Waals surface area contributed by atoms with Crippen LogP contribution in [0.3, 0.4) is 0 Å². The summed E-state index contributed by atoms with van der Waals surface area (Å²) in [5.74, 6) is 0.367. The van der Waals surface area contributed by atoms with Crippen LogP contribution in [0, 0.1) is 6.92 Å². The summed E-state index contributed by atoms with van der Waals surface area (Å²) < 4.78 is 32.2. The van der Waals surface area contributed by atoms with Gasteiger partial charge in [0.1, 0.15) is 5.75 Å². The van der Waals surface area contributed by atoms with Gasteiger partial charge in [0.25, 0.3) is 0 Å². The normalized spacial score (nSPS) is 12.9. The lowest BCUT2D eigenvalue weighted by Crippen LogP contribution is -2.43. The molecule has 0 aliphatic carbocycles. The number of carbonyl (C=O) groups is 1. The third-order valence-electron chi connectivity index (χ3n) is 3.78. The number of hydrogen-bond donors (Lipinski definition) is 1. The van der Waals surface area contributed by atoms with E-state index in [1.165, 1.54) is 10.4 Å². The monoisotopic (exact) mass is 356 g/mol. The molecule has 1 amide bonds. The van der Waals surface area contributed by atoms with Gasteiger partial charge in [0.2, 0.25) is 15.9 Å². The summed E-state index contributed by atoms with van der Waals surface area (Å²) >= 11 is 0. The van der Waals surface area contributed by atoms with Crippen molar-refractivity contribution in [1.29, 1.82) is 0 Å². The average Bonchev–Trinajstić information content (AvgIpc) is 2.54. The number of ether oxygens (including phenoxy) is 1. The smallest absolute Gasteiger partial charge is 0.243 e. The molecular formula is C17H28N2O4S. The van der Waals surface area contributed by atoms with Crippen molar-refractivity contribution in [1.82, 2.24) is 9.62 Å². The summed E-state index contributed by atoms with van der Waals surface area (Å²) in [4.78, 5) is 12.2. The third kappa shape index (κ3) is 5.21. The van der Waals surface area contributed by atoms with Crippen molar-refractivity contribution in [2.75, 3.05) is 19.7 Å². The Morgan fingerprint density at radius 3 is 2.46 bits per heavy atom. The predicted octanol–water partition coefficient (Wildman–Crippen LogP) is 2.32. The molecule has 1 aromatic rings. The highest BCUT2D eigenvalue weighted by Gasteiger charge is 2.26. The van der Waals surface area contributed by atoms with E-state index < -0.39 is 10.0 Å². The Balaban J connectivity index is 2.99. The number of aryl methyl sites for hydroxylation is 1. The minimum absolute atomic E-state index is 0.0200. The van der Waals surface area contributed by atoms with Gasteiger partial charge in [-0.1, -0.05) is 13.8 Å². The fraction of sp³-hybridized carbons (Fsp3) is 0.588. The number of amides is 1. The maximum Gasteiger partial charge on any atom is 0.243 e. The van der Waals surface area contributed by atoms with Gasteiger partial charge in [-0.15, -0.1) is 0 Å². The van der Waals surface area contributed by atoms with E-state index in [2.05, 4.69) is 5.32 Å². The molecular weight excluding hydrogens is 328 g/mol. The molecule has 0 heterocycles. The molecule has 1 atom stereocenters. The molecule has 0 aliphatic heterocycles. The van der Waals surface area contributed by atoms with Gasteiger partial charge in [0.05, 0.1) is 18.0 Å². The van der Waals surface area contributed by atoms with E-state index in [0.717, 1.165) is 12.0 Å². The molecule has 7 heteroatoms. The van der Waals surface area contributed by atoms with Gasteiger partial charge in [0.15, 0.2) is 0 Å². The van der Waals surface area contributed by atoms with Crippen LogP contribution < -0.4 is 10.1 Å². The van der Waals surface area contributed by atoms with Crippen molar-refractivity contribution in [3.05, 3.63) is 23.8 Å². The molecule has 0 spiro atoms. The molecule has 0 fully saturated rings. The van der Waals surface area contributed by atoms with E-state index in [1.54, 1.807) is 26.0 Å². The van der Waals surface area contributed by atoms with Crippen molar-refractivity contribution in [2.45, 2.75) is 52.0 Å². The van der Waals surface area contributed by atoms with Crippen LogP contribution >= 0.6 is 0 Å². The second-order valence-electron chi connectivity index (χ2n) is 5.67. The molecule has 1 N–H and O–H groups in total. The summed E-state index contributed by atoms with van der Waals surface area (Å²) in [5, 5.41) is 2.79. The average molecular weight is 356 g/mol. The Labute approximate surface area is 145 Å². The Bertz CT molecular complexity index is 659. The first-order chi connectivity index (χ1) is 11.3. The van der Waals surface area contributed by atoms with Crippen molar-refractivity contribution < 1.29 is 17.9 Å². The second kappa shape index (κ2) is 9.03. The lowest BCUT2D eigenvalue weighted by molar-refractivity contribution is -0.121. The molecule has 0 saturated heterocycles. The summed E-state index contributed by atoms with van der Waals surface area (Å²) in [6, 6.07) is 4.77. The van der Waals surface area contributed by atoms with Gasteiger partial charge < -0.3 is 10.1 Å². The van der Waals surface area contributed by atoms with Gasteiger partial charge in [-0.3, -0.25) is 4.79 Å². The van der Waals surface area contributed by atoms with Gasteiger partial charge in [-0.05, 0) is 51.0 Å². The van der Waals surface area contributed by atoms with Gasteiger partial charge in [-0.2, -0.15) is 4.31 Å². The van der Waals surface area contributed by atoms with E-state index >= 15 is 0 Å². The van der Waals surface area contributed by atoms with E-state index in [0.29, 0.717) is 12.4 Å². The van der Waals surface area contributed by atoms with Crippen LogP contribution in [-0.2, 0) is 14.8 Å². The summed E-state index contributed by atoms with van der Waals surface area (Å²) in [6.45, 7) is 9.80. The summed E-state index contributed by atoms with van der Waals surface area (Å²) in [6.07, 6.45) is 0.794. The molecule has 6 nitrogen and oxygen atoms in total. The van der Waals surface area contributed by atoms with E-state index in [-0.39, 0.29) is 29.9 Å². The van der Waals surface area contributed by atoms with Gasteiger partial charge >= 0.3 is 0 Å². The Hall–Kier alpha value is -1.60. The van der Waals surface area contributed by atoms with Crippen LogP contribution in [0.25, 0.3) is 0 Å². The minimum atomic E-state index is -3.73. The SMILES string of the molecule is CCOc1ccc(S(=O)(=O)N(CC)CC(=O)N[C@@H](C)CC)cc1C. The van der Waals surface area contributed by atoms with Gasteiger partial charge in [0, 0.05) is 12.6 Å². The van der Waals surface area contributed by atoms with Crippen LogP contribution in [0.5, 0.6) is 5.75 Å². The molecule has 0 unspecified atom stereocenters. The van der Waals surface area contributed by atoms with Crippen LogP contribution in [0.4, 0.5) is 0 Å². The Morgan fingerprint density at radius 1 is 1.29 bits per heavy atom. The quantitative estimate of drug-likeness (QED) is 0.737. The number of rotatable bonds is 9. The zero-order chi connectivity index (χ0) is 18.3. The van der Waals surface area contributed by atoms with E-state index in [4.69, 9.17) is 4.74 Å². The lowest BCUT2D eigenvalue weighted by Gasteiger charge is -2.21. The molecule has 0 radical (unpaired) electrons. The highest BCUT2D eigenvalue weighted by molar-refractivity contribution is 7.89. The van der Waals surface area contributed by atoms with Crippen LogP contribution in [0.15, 0.2) is 23.1 Å². The molecule has 1 aromatic carbocycles. The number of likely N-dealkylation sites (N-methyl/N-ethyl adjacent to an activating group) is 1.